The van der Waals surface area contributed by atoms with E-state index in [1.807, 2.05) is 24.0 Å². The molecule has 1 saturated heterocycles. The lowest BCUT2D eigenvalue weighted by atomic mass is 9.83. The molecule has 2 atom stereocenters. The van der Waals surface area contributed by atoms with Gasteiger partial charge in [0.15, 0.2) is 0 Å². The van der Waals surface area contributed by atoms with Crippen LogP contribution in [0.25, 0.3) is 0 Å². The summed E-state index contributed by atoms with van der Waals surface area (Å²) >= 11 is 0. The van der Waals surface area contributed by atoms with Crippen molar-refractivity contribution < 1.29 is 13.9 Å². The van der Waals surface area contributed by atoms with Crippen molar-refractivity contribution in [1.29, 1.82) is 0 Å². The monoisotopic (exact) mass is 292 g/mol. The third-order valence-electron chi connectivity index (χ3n) is 4.94. The van der Waals surface area contributed by atoms with E-state index >= 15 is 0 Å². The highest BCUT2D eigenvalue weighted by Gasteiger charge is 2.47. The Bertz CT molecular complexity index is 482. The number of rotatable bonds is 4. The third-order valence-corrected chi connectivity index (χ3v) is 4.94. The molecule has 2 unspecified atom stereocenters. The first-order valence-corrected chi connectivity index (χ1v) is 7.78. The van der Waals surface area contributed by atoms with Crippen LogP contribution in [0.2, 0.25) is 0 Å². The van der Waals surface area contributed by atoms with E-state index in [1.165, 1.54) is 12.8 Å². The molecule has 0 bridgehead atoms. The lowest BCUT2D eigenvalue weighted by molar-refractivity contribution is -0.145. The van der Waals surface area contributed by atoms with Gasteiger partial charge in [0.2, 0.25) is 5.91 Å². The molecule has 116 valence electrons. The molecule has 21 heavy (non-hydrogen) atoms. The van der Waals surface area contributed by atoms with Crippen molar-refractivity contribution in [1.82, 2.24) is 4.90 Å². The van der Waals surface area contributed by atoms with Crippen LogP contribution >= 0.6 is 0 Å². The molecule has 1 aromatic heterocycles. The van der Waals surface area contributed by atoms with E-state index in [0.717, 1.165) is 18.6 Å². The highest BCUT2D eigenvalue weighted by molar-refractivity contribution is 5.84. The molecule has 2 heterocycles. The maximum absolute atomic E-state index is 13.1. The van der Waals surface area contributed by atoms with Crippen LogP contribution in [-0.2, 0) is 16.1 Å². The van der Waals surface area contributed by atoms with Crippen LogP contribution in [0, 0.1) is 5.41 Å². The second-order valence-corrected chi connectivity index (χ2v) is 6.49. The largest absolute Gasteiger partial charge is 0.467 e. The molecule has 0 spiro atoms. The molecule has 5 nitrogen and oxygen atoms in total. The first-order valence-electron chi connectivity index (χ1n) is 7.78. The van der Waals surface area contributed by atoms with Crippen molar-refractivity contribution in [2.24, 2.45) is 11.1 Å². The summed E-state index contributed by atoms with van der Waals surface area (Å²) in [6.45, 7) is 3.33. The van der Waals surface area contributed by atoms with Crippen molar-refractivity contribution >= 4 is 5.91 Å². The molecule has 1 aliphatic carbocycles. The fraction of sp³-hybridized carbons (Fsp3) is 0.688. The Kier molecular flexibility index (Phi) is 4.04. The van der Waals surface area contributed by atoms with E-state index in [1.54, 1.807) is 6.26 Å². The summed E-state index contributed by atoms with van der Waals surface area (Å²) < 4.78 is 10.9. The first kappa shape index (κ1) is 14.6. The number of hydrogen-bond acceptors (Lipinski definition) is 4. The number of nitrogens with zero attached hydrogens (tertiary/aromatic N) is 1. The zero-order valence-electron chi connectivity index (χ0n) is 12.6. The Morgan fingerprint density at radius 2 is 2.24 bits per heavy atom. The van der Waals surface area contributed by atoms with Gasteiger partial charge in [0, 0.05) is 12.1 Å². The summed E-state index contributed by atoms with van der Waals surface area (Å²) in [6.07, 6.45) is 6.16. The number of nitrogens with two attached hydrogens (primary N) is 1. The molecule has 2 aliphatic rings. The van der Waals surface area contributed by atoms with Gasteiger partial charge in [-0.2, -0.15) is 0 Å². The van der Waals surface area contributed by atoms with Crippen molar-refractivity contribution in [3.05, 3.63) is 24.2 Å². The van der Waals surface area contributed by atoms with Crippen LogP contribution in [0.15, 0.2) is 22.8 Å². The van der Waals surface area contributed by atoms with Gasteiger partial charge in [0.05, 0.1) is 31.4 Å². The molecule has 1 aromatic rings. The molecule has 2 fully saturated rings. The molecule has 0 radical (unpaired) electrons. The minimum atomic E-state index is -0.616. The summed E-state index contributed by atoms with van der Waals surface area (Å²) in [5.41, 5.74) is 5.51. The fourth-order valence-corrected chi connectivity index (χ4v) is 3.39. The minimum absolute atomic E-state index is 0.107. The van der Waals surface area contributed by atoms with Gasteiger partial charge in [0.25, 0.3) is 0 Å². The van der Waals surface area contributed by atoms with Crippen LogP contribution in [0.3, 0.4) is 0 Å². The maximum atomic E-state index is 13.1. The Morgan fingerprint density at radius 1 is 1.48 bits per heavy atom. The van der Waals surface area contributed by atoms with Crippen LogP contribution in [0.5, 0.6) is 0 Å². The van der Waals surface area contributed by atoms with E-state index in [4.69, 9.17) is 14.9 Å². The third kappa shape index (κ3) is 2.72. The molecule has 2 N–H and O–H groups in total. The normalized spacial score (nSPS) is 29.9. The van der Waals surface area contributed by atoms with Crippen LogP contribution in [0.4, 0.5) is 0 Å². The molecule has 3 rings (SSSR count). The summed E-state index contributed by atoms with van der Waals surface area (Å²) in [7, 11) is 0. The van der Waals surface area contributed by atoms with E-state index in [0.29, 0.717) is 25.8 Å². The second-order valence-electron chi connectivity index (χ2n) is 6.49. The van der Waals surface area contributed by atoms with Crippen molar-refractivity contribution in [3.63, 3.8) is 0 Å². The standard InChI is InChI=1S/C16H24N2O3/c1-16(11-20-10-14(16)17)15(19)18(12-5-2-3-6-12)9-13-7-4-8-21-13/h4,7-8,12,14H,2-3,5-6,9-11,17H2,1H3. The van der Waals surface area contributed by atoms with Crippen molar-refractivity contribution in [3.8, 4) is 0 Å². The second kappa shape index (κ2) is 5.81. The lowest BCUT2D eigenvalue weighted by Gasteiger charge is -2.36. The van der Waals surface area contributed by atoms with Gasteiger partial charge < -0.3 is 19.8 Å². The molecule has 1 saturated carbocycles. The predicted octanol–water partition coefficient (Wildman–Crippen LogP) is 1.91. The number of carbonyl (C=O) groups is 1. The van der Waals surface area contributed by atoms with E-state index in [9.17, 15) is 4.79 Å². The highest BCUT2D eigenvalue weighted by atomic mass is 16.5. The van der Waals surface area contributed by atoms with Crippen molar-refractivity contribution in [2.45, 2.75) is 51.2 Å². The molecule has 5 heteroatoms. The average Bonchev–Trinajstić information content (AvgIpc) is 3.19. The zero-order chi connectivity index (χ0) is 14.9. The molecule has 0 aromatic carbocycles. The summed E-state index contributed by atoms with van der Waals surface area (Å²) in [5, 5.41) is 0. The first-order chi connectivity index (χ1) is 10.1. The number of furan rings is 1. The number of carbonyl (C=O) groups excluding carboxylic acids is 1. The molecular formula is C16H24N2O3. The number of ether oxygens (including phenoxy) is 1. The van der Waals surface area contributed by atoms with Crippen LogP contribution in [0.1, 0.15) is 38.4 Å². The lowest BCUT2D eigenvalue weighted by Crippen LogP contribution is -2.53. The smallest absolute Gasteiger partial charge is 0.233 e. The Morgan fingerprint density at radius 3 is 2.81 bits per heavy atom. The molecular weight excluding hydrogens is 268 g/mol. The summed E-state index contributed by atoms with van der Waals surface area (Å²) in [5.74, 6) is 0.933. The summed E-state index contributed by atoms with van der Waals surface area (Å²) in [4.78, 5) is 15.1. The predicted molar refractivity (Wildman–Crippen MR) is 78.4 cm³/mol. The zero-order valence-corrected chi connectivity index (χ0v) is 12.6. The van der Waals surface area contributed by atoms with Crippen LogP contribution < -0.4 is 5.73 Å². The number of hydrogen-bond donors (Lipinski definition) is 1. The quantitative estimate of drug-likeness (QED) is 0.920. The van der Waals surface area contributed by atoms with Gasteiger partial charge in [-0.05, 0) is 31.9 Å². The molecule has 1 aliphatic heterocycles. The van der Waals surface area contributed by atoms with Gasteiger partial charge in [-0.1, -0.05) is 12.8 Å². The number of amides is 1. The summed E-state index contributed by atoms with van der Waals surface area (Å²) in [6, 6.07) is 3.85. The van der Waals surface area contributed by atoms with E-state index in [-0.39, 0.29) is 11.9 Å². The van der Waals surface area contributed by atoms with E-state index < -0.39 is 5.41 Å². The topological polar surface area (TPSA) is 68.7 Å². The van der Waals surface area contributed by atoms with Gasteiger partial charge in [-0.3, -0.25) is 4.79 Å². The van der Waals surface area contributed by atoms with Crippen LogP contribution in [-0.4, -0.2) is 36.1 Å². The SMILES string of the molecule is CC1(C(=O)N(Cc2ccco2)C2CCCC2)COCC1N. The van der Waals surface area contributed by atoms with Gasteiger partial charge in [-0.25, -0.2) is 0 Å². The Labute approximate surface area is 125 Å². The minimum Gasteiger partial charge on any atom is -0.467 e. The van der Waals surface area contributed by atoms with Gasteiger partial charge in [-0.15, -0.1) is 0 Å². The fourth-order valence-electron chi connectivity index (χ4n) is 3.39. The van der Waals surface area contributed by atoms with E-state index in [2.05, 4.69) is 0 Å². The average molecular weight is 292 g/mol. The maximum Gasteiger partial charge on any atom is 0.233 e. The van der Waals surface area contributed by atoms with Gasteiger partial charge >= 0.3 is 0 Å². The van der Waals surface area contributed by atoms with Crippen molar-refractivity contribution in [2.75, 3.05) is 13.2 Å². The highest BCUT2D eigenvalue weighted by Crippen LogP contribution is 2.34. The Hall–Kier alpha value is -1.33. The van der Waals surface area contributed by atoms with Gasteiger partial charge in [0.1, 0.15) is 5.76 Å². The Balaban J connectivity index is 1.82. The molecule has 1 amide bonds.